The van der Waals surface area contributed by atoms with Crippen LogP contribution in [0.25, 0.3) is 38.9 Å². The molecule has 3 aromatic carbocycles. The summed E-state index contributed by atoms with van der Waals surface area (Å²) in [7, 11) is 0. The van der Waals surface area contributed by atoms with Crippen LogP contribution >= 0.6 is 0 Å². The fourth-order valence-corrected chi connectivity index (χ4v) is 5.20. The number of benzene rings is 3. The van der Waals surface area contributed by atoms with Crippen LogP contribution in [-0.4, -0.2) is 19.6 Å². The summed E-state index contributed by atoms with van der Waals surface area (Å²) >= 11 is 0. The number of hydrogen-bond donors (Lipinski definition) is 1. The highest BCUT2D eigenvalue weighted by Gasteiger charge is 2.21. The number of rotatable bonds is 4. The molecular formula is C36H35N3O2. The van der Waals surface area contributed by atoms with Crippen LogP contribution in [0, 0.1) is 0 Å². The Balaban J connectivity index is 1.47. The molecule has 0 saturated heterocycles. The van der Waals surface area contributed by atoms with E-state index in [4.69, 9.17) is 14.7 Å². The van der Waals surface area contributed by atoms with Gasteiger partial charge >= 0.3 is 0 Å². The number of pyridine rings is 2. The highest BCUT2D eigenvalue weighted by Crippen LogP contribution is 2.37. The van der Waals surface area contributed by atoms with E-state index in [0.717, 1.165) is 50.0 Å². The Labute approximate surface area is 241 Å². The molecule has 1 N–H and O–H groups in total. The monoisotopic (exact) mass is 541 g/mol. The summed E-state index contributed by atoms with van der Waals surface area (Å²) in [6, 6.07) is 30.1. The quantitative estimate of drug-likeness (QED) is 0.242. The van der Waals surface area contributed by atoms with Gasteiger partial charge in [-0.3, -0.25) is 4.57 Å². The molecule has 0 fully saturated rings. The van der Waals surface area contributed by atoms with Gasteiger partial charge in [0.1, 0.15) is 23.0 Å². The average molecular weight is 542 g/mol. The molecule has 0 amide bonds. The van der Waals surface area contributed by atoms with Gasteiger partial charge in [0.15, 0.2) is 0 Å². The van der Waals surface area contributed by atoms with Crippen molar-refractivity contribution >= 4 is 21.9 Å². The second-order valence-corrected chi connectivity index (χ2v) is 12.6. The van der Waals surface area contributed by atoms with E-state index in [1.54, 1.807) is 6.07 Å². The van der Waals surface area contributed by atoms with Crippen molar-refractivity contribution in [2.75, 3.05) is 0 Å². The number of hydrogen-bond acceptors (Lipinski definition) is 4. The standard InChI is InChI=1S/C36H35N3O2/c1-35(2,3)24-16-17-31(40)29(20-24)23-11-9-12-26(19-23)41-33-22-25(36(4,5)6)21-32(38-33)39-30-15-8-7-13-27(30)28-14-10-18-37-34(28)39/h7-22,40H,1-6H3. The molecule has 6 rings (SSSR count). The lowest BCUT2D eigenvalue weighted by Gasteiger charge is -2.21. The molecule has 0 aliphatic rings. The first kappa shape index (κ1) is 26.6. The molecule has 41 heavy (non-hydrogen) atoms. The summed E-state index contributed by atoms with van der Waals surface area (Å²) in [5.74, 6) is 2.14. The third kappa shape index (κ3) is 5.04. The van der Waals surface area contributed by atoms with Crippen LogP contribution in [0.5, 0.6) is 17.4 Å². The molecule has 206 valence electrons. The molecule has 5 heteroatoms. The first-order valence-corrected chi connectivity index (χ1v) is 14.0. The van der Waals surface area contributed by atoms with E-state index in [0.29, 0.717) is 11.6 Å². The van der Waals surface area contributed by atoms with Crippen molar-refractivity contribution < 1.29 is 9.84 Å². The minimum atomic E-state index is -0.136. The van der Waals surface area contributed by atoms with Crippen molar-refractivity contribution in [3.63, 3.8) is 0 Å². The summed E-state index contributed by atoms with van der Waals surface area (Å²) in [5, 5.41) is 12.9. The molecule has 0 saturated carbocycles. The average Bonchev–Trinajstić information content (AvgIpc) is 3.27. The number of para-hydroxylation sites is 1. The third-order valence-corrected chi connectivity index (χ3v) is 7.55. The smallest absolute Gasteiger partial charge is 0.221 e. The van der Waals surface area contributed by atoms with Gasteiger partial charge in [-0.05, 0) is 76.1 Å². The number of nitrogens with zero attached hydrogens (tertiary/aromatic N) is 3. The van der Waals surface area contributed by atoms with Gasteiger partial charge in [0, 0.05) is 28.6 Å². The summed E-state index contributed by atoms with van der Waals surface area (Å²) in [6.07, 6.45) is 1.82. The van der Waals surface area contributed by atoms with E-state index in [-0.39, 0.29) is 16.6 Å². The Morgan fingerprint density at radius 1 is 0.707 bits per heavy atom. The maximum Gasteiger partial charge on any atom is 0.221 e. The van der Waals surface area contributed by atoms with Crippen molar-refractivity contribution in [2.24, 2.45) is 0 Å². The number of phenolic OH excluding ortho intramolecular Hbond substituents is 1. The lowest BCUT2D eigenvalue weighted by molar-refractivity contribution is 0.458. The van der Waals surface area contributed by atoms with E-state index in [1.165, 1.54) is 0 Å². The molecule has 0 unspecified atom stereocenters. The van der Waals surface area contributed by atoms with Crippen LogP contribution in [-0.2, 0) is 10.8 Å². The molecule has 5 nitrogen and oxygen atoms in total. The molecule has 3 heterocycles. The number of aromatic nitrogens is 3. The Morgan fingerprint density at radius 3 is 2.24 bits per heavy atom. The van der Waals surface area contributed by atoms with Crippen molar-refractivity contribution in [1.29, 1.82) is 0 Å². The lowest BCUT2D eigenvalue weighted by Crippen LogP contribution is -2.13. The first-order chi connectivity index (χ1) is 19.5. The van der Waals surface area contributed by atoms with E-state index in [2.05, 4.69) is 82.5 Å². The Hall–Kier alpha value is -4.64. The first-order valence-electron chi connectivity index (χ1n) is 14.0. The largest absolute Gasteiger partial charge is 0.507 e. The second kappa shape index (κ2) is 9.77. The summed E-state index contributed by atoms with van der Waals surface area (Å²) in [4.78, 5) is 9.74. The zero-order valence-corrected chi connectivity index (χ0v) is 24.4. The van der Waals surface area contributed by atoms with Crippen molar-refractivity contribution in [2.45, 2.75) is 52.4 Å². The van der Waals surface area contributed by atoms with Gasteiger partial charge in [0.25, 0.3) is 0 Å². The van der Waals surface area contributed by atoms with Gasteiger partial charge in [-0.2, -0.15) is 4.98 Å². The maximum atomic E-state index is 10.7. The zero-order valence-electron chi connectivity index (χ0n) is 24.4. The van der Waals surface area contributed by atoms with Gasteiger partial charge in [0.2, 0.25) is 5.88 Å². The van der Waals surface area contributed by atoms with E-state index < -0.39 is 0 Å². The molecule has 0 aliphatic heterocycles. The van der Waals surface area contributed by atoms with Crippen molar-refractivity contribution in [1.82, 2.24) is 14.5 Å². The third-order valence-electron chi connectivity index (χ3n) is 7.55. The van der Waals surface area contributed by atoms with E-state index >= 15 is 0 Å². The van der Waals surface area contributed by atoms with Gasteiger partial charge in [-0.25, -0.2) is 4.98 Å². The Kier molecular flexibility index (Phi) is 6.33. The zero-order chi connectivity index (χ0) is 28.9. The molecule has 0 bridgehead atoms. The van der Waals surface area contributed by atoms with Crippen LogP contribution in [0.3, 0.4) is 0 Å². The van der Waals surface area contributed by atoms with Crippen LogP contribution in [0.15, 0.2) is 97.2 Å². The van der Waals surface area contributed by atoms with E-state index in [9.17, 15) is 5.11 Å². The van der Waals surface area contributed by atoms with Crippen LogP contribution in [0.2, 0.25) is 0 Å². The fourth-order valence-electron chi connectivity index (χ4n) is 5.20. The van der Waals surface area contributed by atoms with E-state index in [1.807, 2.05) is 54.7 Å². The minimum Gasteiger partial charge on any atom is -0.507 e. The predicted octanol–water partition coefficient (Wildman–Crippen LogP) is 9.33. The molecular weight excluding hydrogens is 506 g/mol. The molecule has 0 atom stereocenters. The SMILES string of the molecule is CC(C)(C)c1cc(Oc2cccc(-c3cc(C(C)(C)C)ccc3O)c2)nc(-n2c3ccccc3c3cccnc32)c1. The van der Waals surface area contributed by atoms with Crippen LogP contribution in [0.1, 0.15) is 52.7 Å². The number of phenols is 1. The van der Waals surface area contributed by atoms with Crippen LogP contribution < -0.4 is 4.74 Å². The minimum absolute atomic E-state index is 0.0358. The molecule has 3 aromatic heterocycles. The topological polar surface area (TPSA) is 60.2 Å². The van der Waals surface area contributed by atoms with Gasteiger partial charge in [-0.1, -0.05) is 77.9 Å². The van der Waals surface area contributed by atoms with Gasteiger partial charge < -0.3 is 9.84 Å². The summed E-state index contributed by atoms with van der Waals surface area (Å²) in [6.45, 7) is 13.1. The summed E-state index contributed by atoms with van der Waals surface area (Å²) < 4.78 is 8.56. The molecule has 6 aromatic rings. The maximum absolute atomic E-state index is 10.7. The summed E-state index contributed by atoms with van der Waals surface area (Å²) in [5.41, 5.74) is 5.64. The Morgan fingerprint density at radius 2 is 1.46 bits per heavy atom. The lowest BCUT2D eigenvalue weighted by atomic mass is 9.85. The molecule has 0 aliphatic carbocycles. The van der Waals surface area contributed by atoms with Gasteiger partial charge in [0.05, 0.1) is 5.52 Å². The molecule has 0 spiro atoms. The highest BCUT2D eigenvalue weighted by molar-refractivity contribution is 6.07. The number of ether oxygens (including phenoxy) is 1. The second-order valence-electron chi connectivity index (χ2n) is 12.6. The van der Waals surface area contributed by atoms with Crippen LogP contribution in [0.4, 0.5) is 0 Å². The highest BCUT2D eigenvalue weighted by atomic mass is 16.5. The van der Waals surface area contributed by atoms with Crippen molar-refractivity contribution in [3.05, 3.63) is 108 Å². The Bertz CT molecular complexity index is 1850. The fraction of sp³-hybridized carbons (Fsp3) is 0.222. The predicted molar refractivity (Wildman–Crippen MR) is 167 cm³/mol. The number of aromatic hydroxyl groups is 1. The molecule has 0 radical (unpaired) electrons. The number of fused-ring (bicyclic) bond motifs is 3. The van der Waals surface area contributed by atoms with Gasteiger partial charge in [-0.15, -0.1) is 0 Å². The normalized spacial score (nSPS) is 12.2. The van der Waals surface area contributed by atoms with Crippen molar-refractivity contribution in [3.8, 4) is 34.3 Å².